The molecule has 2 amide bonds. The number of benzene rings is 1. The number of amides is 2. The highest BCUT2D eigenvalue weighted by molar-refractivity contribution is 6.21. The Morgan fingerprint density at radius 2 is 1.59 bits per heavy atom. The third-order valence-electron chi connectivity index (χ3n) is 7.56. The van der Waals surface area contributed by atoms with Crippen LogP contribution in [-0.2, 0) is 9.59 Å². The van der Waals surface area contributed by atoms with Crippen LogP contribution in [0.4, 0.5) is 10.1 Å². The molecule has 5 heteroatoms. The number of carbonyl (C=O) groups is 2. The zero-order valence-corrected chi connectivity index (χ0v) is 15.7. The van der Waals surface area contributed by atoms with E-state index in [1.165, 1.54) is 74.1 Å². The standard InChI is InChI=1S/C22H27FN2O2/c23-17-1-3-18(4-2-17)25-20(26)10-19(21(25)27)24-6-5-22-11-14-7-15(12-22)9-16(8-14)13-22/h1-4,14-16,19,24H,5-13H2/p+1/t14?,15?,16?,19-,22?/m0/s1. The minimum Gasteiger partial charge on any atom is -0.336 e. The topological polar surface area (TPSA) is 54.0 Å². The van der Waals surface area contributed by atoms with Gasteiger partial charge in [0.1, 0.15) is 5.82 Å². The second kappa shape index (κ2) is 6.40. The largest absolute Gasteiger partial charge is 0.336 e. The van der Waals surface area contributed by atoms with Gasteiger partial charge in [0.25, 0.3) is 5.91 Å². The first kappa shape index (κ1) is 17.4. The summed E-state index contributed by atoms with van der Waals surface area (Å²) < 4.78 is 13.1. The van der Waals surface area contributed by atoms with Gasteiger partial charge < -0.3 is 5.32 Å². The lowest BCUT2D eigenvalue weighted by molar-refractivity contribution is -0.676. The van der Waals surface area contributed by atoms with E-state index in [0.717, 1.165) is 24.3 Å². The average molecular weight is 371 g/mol. The molecule has 5 aliphatic rings. The lowest BCUT2D eigenvalue weighted by Crippen LogP contribution is -2.92. The number of halogens is 1. The van der Waals surface area contributed by atoms with Crippen molar-refractivity contribution in [1.82, 2.24) is 0 Å². The molecule has 0 aromatic heterocycles. The summed E-state index contributed by atoms with van der Waals surface area (Å²) in [5.41, 5.74) is 0.983. The summed E-state index contributed by atoms with van der Waals surface area (Å²) >= 11 is 0. The van der Waals surface area contributed by atoms with Crippen LogP contribution in [0.2, 0.25) is 0 Å². The smallest absolute Gasteiger partial charge is 0.292 e. The van der Waals surface area contributed by atoms with Gasteiger partial charge in [0.2, 0.25) is 5.91 Å². The Morgan fingerprint density at radius 1 is 1.00 bits per heavy atom. The summed E-state index contributed by atoms with van der Waals surface area (Å²) in [6, 6.07) is 5.27. The summed E-state index contributed by atoms with van der Waals surface area (Å²) in [6.07, 6.45) is 9.91. The van der Waals surface area contributed by atoms with Crippen LogP contribution in [0.15, 0.2) is 24.3 Å². The van der Waals surface area contributed by atoms with Gasteiger partial charge in [-0.25, -0.2) is 9.29 Å². The maximum atomic E-state index is 13.1. The van der Waals surface area contributed by atoms with E-state index in [-0.39, 0.29) is 30.1 Å². The molecule has 0 spiro atoms. The van der Waals surface area contributed by atoms with Crippen molar-refractivity contribution in [3.63, 3.8) is 0 Å². The van der Waals surface area contributed by atoms with E-state index in [4.69, 9.17) is 0 Å². The van der Waals surface area contributed by atoms with Gasteiger partial charge in [-0.15, -0.1) is 0 Å². The molecule has 144 valence electrons. The number of quaternary nitrogens is 1. The van der Waals surface area contributed by atoms with E-state index in [1.807, 2.05) is 0 Å². The van der Waals surface area contributed by atoms with Gasteiger partial charge >= 0.3 is 0 Å². The van der Waals surface area contributed by atoms with Crippen molar-refractivity contribution >= 4 is 17.5 Å². The van der Waals surface area contributed by atoms with Crippen LogP contribution in [0, 0.1) is 29.0 Å². The molecule has 1 atom stereocenters. The lowest BCUT2D eigenvalue weighted by atomic mass is 9.49. The SMILES string of the molecule is O=C1C[C@H]([NH2+]CCC23CC4CC(CC(C4)C2)C3)C(=O)N1c1ccc(F)cc1. The Hall–Kier alpha value is -1.75. The molecule has 4 nitrogen and oxygen atoms in total. The van der Waals surface area contributed by atoms with Crippen molar-refractivity contribution in [3.05, 3.63) is 30.1 Å². The van der Waals surface area contributed by atoms with Gasteiger partial charge in [-0.1, -0.05) is 0 Å². The molecule has 4 saturated carbocycles. The number of anilines is 1. The number of rotatable bonds is 5. The highest BCUT2D eigenvalue weighted by atomic mass is 19.1. The second-order valence-electron chi connectivity index (χ2n) is 9.55. The Balaban J connectivity index is 1.20. The second-order valence-corrected chi connectivity index (χ2v) is 9.55. The molecule has 4 bridgehead atoms. The molecular formula is C22H28FN2O2+. The van der Waals surface area contributed by atoms with Crippen LogP contribution in [0.1, 0.15) is 51.4 Å². The van der Waals surface area contributed by atoms with Crippen LogP contribution < -0.4 is 10.2 Å². The van der Waals surface area contributed by atoms with Gasteiger partial charge in [-0.3, -0.25) is 9.59 Å². The molecular weight excluding hydrogens is 343 g/mol. The van der Waals surface area contributed by atoms with E-state index in [2.05, 4.69) is 5.32 Å². The van der Waals surface area contributed by atoms with Crippen LogP contribution in [0.5, 0.6) is 0 Å². The highest BCUT2D eigenvalue weighted by Gasteiger charge is 2.51. The molecule has 6 rings (SSSR count). The van der Waals surface area contributed by atoms with E-state index in [9.17, 15) is 14.0 Å². The van der Waals surface area contributed by atoms with E-state index in [1.54, 1.807) is 0 Å². The van der Waals surface area contributed by atoms with E-state index < -0.39 is 0 Å². The lowest BCUT2D eigenvalue weighted by Gasteiger charge is -2.56. The average Bonchev–Trinajstić information content (AvgIpc) is 2.88. The molecule has 1 heterocycles. The highest BCUT2D eigenvalue weighted by Crippen LogP contribution is 2.61. The van der Waals surface area contributed by atoms with Gasteiger partial charge in [0.05, 0.1) is 18.7 Å². The Labute approximate surface area is 159 Å². The summed E-state index contributed by atoms with van der Waals surface area (Å²) in [4.78, 5) is 26.3. The van der Waals surface area contributed by atoms with Crippen molar-refractivity contribution in [3.8, 4) is 0 Å². The van der Waals surface area contributed by atoms with Crippen LogP contribution in [0.3, 0.4) is 0 Å². The van der Waals surface area contributed by atoms with Gasteiger partial charge in [-0.2, -0.15) is 0 Å². The fraction of sp³-hybridized carbons (Fsp3) is 0.636. The van der Waals surface area contributed by atoms with E-state index in [0.29, 0.717) is 11.1 Å². The first-order valence-electron chi connectivity index (χ1n) is 10.5. The number of nitrogens with zero attached hydrogens (tertiary/aromatic N) is 1. The number of nitrogens with two attached hydrogens (primary N) is 1. The minimum atomic E-state index is -0.364. The summed E-state index contributed by atoms with van der Waals surface area (Å²) in [7, 11) is 0. The maximum absolute atomic E-state index is 13.1. The first-order chi connectivity index (χ1) is 13.0. The predicted molar refractivity (Wildman–Crippen MR) is 99.3 cm³/mol. The van der Waals surface area contributed by atoms with Crippen molar-refractivity contribution in [2.75, 3.05) is 11.4 Å². The summed E-state index contributed by atoms with van der Waals surface area (Å²) in [6.45, 7) is 0.924. The molecule has 1 aliphatic heterocycles. The van der Waals surface area contributed by atoms with Crippen LogP contribution in [0.25, 0.3) is 0 Å². The van der Waals surface area contributed by atoms with Gasteiger partial charge in [0, 0.05) is 6.42 Å². The molecule has 27 heavy (non-hydrogen) atoms. The maximum Gasteiger partial charge on any atom is 0.292 e. The quantitative estimate of drug-likeness (QED) is 0.809. The molecule has 1 saturated heterocycles. The number of hydrogen-bond donors (Lipinski definition) is 1. The Kier molecular flexibility index (Phi) is 4.12. The molecule has 5 fully saturated rings. The van der Waals surface area contributed by atoms with Crippen molar-refractivity contribution in [2.24, 2.45) is 23.2 Å². The number of hydrogen-bond acceptors (Lipinski definition) is 2. The monoisotopic (exact) mass is 371 g/mol. The zero-order valence-electron chi connectivity index (χ0n) is 15.7. The fourth-order valence-electron chi connectivity index (χ4n) is 6.89. The molecule has 4 aliphatic carbocycles. The first-order valence-corrected chi connectivity index (χ1v) is 10.5. The molecule has 0 unspecified atom stereocenters. The van der Waals surface area contributed by atoms with Crippen LogP contribution >= 0.6 is 0 Å². The predicted octanol–water partition coefficient (Wildman–Crippen LogP) is 2.63. The van der Waals surface area contributed by atoms with Crippen molar-refractivity contribution < 1.29 is 19.3 Å². The van der Waals surface area contributed by atoms with Crippen molar-refractivity contribution in [1.29, 1.82) is 0 Å². The molecule has 1 aromatic rings. The molecule has 0 radical (unpaired) electrons. The Morgan fingerprint density at radius 3 is 2.19 bits per heavy atom. The third kappa shape index (κ3) is 3.10. The number of carbonyl (C=O) groups excluding carboxylic acids is 2. The Bertz CT molecular complexity index is 725. The molecule has 1 aromatic carbocycles. The minimum absolute atomic E-state index is 0.155. The zero-order chi connectivity index (χ0) is 18.6. The number of imide groups is 1. The normalized spacial score (nSPS) is 37.4. The van der Waals surface area contributed by atoms with Gasteiger partial charge in [0.15, 0.2) is 6.04 Å². The van der Waals surface area contributed by atoms with Crippen LogP contribution in [-0.4, -0.2) is 24.4 Å². The van der Waals surface area contributed by atoms with E-state index >= 15 is 0 Å². The summed E-state index contributed by atoms with van der Waals surface area (Å²) in [5, 5.41) is 2.09. The fourth-order valence-corrected chi connectivity index (χ4v) is 6.89. The summed E-state index contributed by atoms with van der Waals surface area (Å²) in [5.74, 6) is 2.14. The van der Waals surface area contributed by atoms with Gasteiger partial charge in [-0.05, 0) is 86.0 Å². The van der Waals surface area contributed by atoms with Crippen molar-refractivity contribution in [2.45, 2.75) is 57.4 Å². The molecule has 2 N–H and O–H groups in total. The third-order valence-corrected chi connectivity index (χ3v) is 7.56.